The van der Waals surface area contributed by atoms with Gasteiger partial charge in [-0.1, -0.05) is 11.2 Å². The van der Waals surface area contributed by atoms with Crippen molar-refractivity contribution in [2.75, 3.05) is 5.73 Å². The topological polar surface area (TPSA) is 87.1 Å². The van der Waals surface area contributed by atoms with Crippen LogP contribution in [0.3, 0.4) is 0 Å². The predicted octanol–water partition coefficient (Wildman–Crippen LogP) is 3.06. The van der Waals surface area contributed by atoms with E-state index in [1.165, 1.54) is 0 Å². The Bertz CT molecular complexity index is 760. The molecule has 2 heterocycles. The van der Waals surface area contributed by atoms with Gasteiger partial charge in [-0.2, -0.15) is 4.98 Å². The van der Waals surface area contributed by atoms with Crippen LogP contribution in [-0.4, -0.2) is 15.1 Å². The molecule has 2 N–H and O–H groups in total. The van der Waals surface area contributed by atoms with E-state index in [1.54, 1.807) is 18.3 Å². The molecule has 2 aromatic heterocycles. The number of nitrogen functional groups attached to an aromatic ring is 1. The van der Waals surface area contributed by atoms with E-state index in [9.17, 15) is 0 Å². The summed E-state index contributed by atoms with van der Waals surface area (Å²) in [5.74, 6) is 1.42. The van der Waals surface area contributed by atoms with Gasteiger partial charge >= 0.3 is 0 Å². The molecule has 7 heteroatoms. The monoisotopic (exact) mass is 346 g/mol. The number of halogens is 1. The zero-order chi connectivity index (χ0) is 14.7. The maximum atomic E-state index is 5.68. The van der Waals surface area contributed by atoms with Crippen LogP contribution >= 0.6 is 15.9 Å². The Hall–Kier alpha value is -2.41. The number of nitrogens with zero attached hydrogens (tertiary/aromatic N) is 3. The first-order valence-electron chi connectivity index (χ1n) is 6.14. The van der Waals surface area contributed by atoms with Gasteiger partial charge in [-0.05, 0) is 40.2 Å². The molecule has 0 saturated carbocycles. The minimum Gasteiger partial charge on any atom is -0.484 e. The van der Waals surface area contributed by atoms with Crippen LogP contribution in [0.5, 0.6) is 5.75 Å². The van der Waals surface area contributed by atoms with Crippen molar-refractivity contribution in [3.63, 3.8) is 0 Å². The Labute approximate surface area is 129 Å². The second kappa shape index (κ2) is 5.92. The number of anilines is 1. The van der Waals surface area contributed by atoms with Crippen LogP contribution < -0.4 is 10.5 Å². The maximum absolute atomic E-state index is 5.68. The number of pyridine rings is 1. The quantitative estimate of drug-likeness (QED) is 0.730. The van der Waals surface area contributed by atoms with Gasteiger partial charge in [-0.25, -0.2) is 0 Å². The van der Waals surface area contributed by atoms with E-state index in [0.29, 0.717) is 28.8 Å². The van der Waals surface area contributed by atoms with Gasteiger partial charge in [0.2, 0.25) is 5.82 Å². The summed E-state index contributed by atoms with van der Waals surface area (Å²) in [5.41, 5.74) is 6.94. The van der Waals surface area contributed by atoms with Gasteiger partial charge in [-0.3, -0.25) is 4.98 Å². The molecule has 0 aliphatic rings. The second-order valence-corrected chi connectivity index (χ2v) is 5.06. The summed E-state index contributed by atoms with van der Waals surface area (Å²) >= 11 is 3.40. The largest absolute Gasteiger partial charge is 0.484 e. The summed E-state index contributed by atoms with van der Waals surface area (Å²) in [5, 5.41) is 3.89. The fraction of sp³-hybridized carbons (Fsp3) is 0.0714. The third-order valence-corrected chi connectivity index (χ3v) is 3.30. The lowest BCUT2D eigenvalue weighted by Crippen LogP contribution is -1.96. The number of ether oxygens (including phenoxy) is 1. The summed E-state index contributed by atoms with van der Waals surface area (Å²) in [6, 6.07) is 10.8. The lowest BCUT2D eigenvalue weighted by molar-refractivity contribution is 0.243. The van der Waals surface area contributed by atoms with Crippen LogP contribution in [0.25, 0.3) is 11.5 Å². The Morgan fingerprint density at radius 1 is 1.24 bits per heavy atom. The summed E-state index contributed by atoms with van der Waals surface area (Å²) in [4.78, 5) is 8.45. The van der Waals surface area contributed by atoms with Crippen molar-refractivity contribution in [3.05, 3.63) is 53.0 Å². The number of hydrogen-bond donors (Lipinski definition) is 1. The van der Waals surface area contributed by atoms with E-state index in [-0.39, 0.29) is 6.61 Å². The van der Waals surface area contributed by atoms with Gasteiger partial charge in [0.05, 0.1) is 0 Å². The summed E-state index contributed by atoms with van der Waals surface area (Å²) in [6.07, 6.45) is 1.67. The van der Waals surface area contributed by atoms with Crippen LogP contribution in [-0.2, 0) is 6.61 Å². The highest BCUT2D eigenvalue weighted by Crippen LogP contribution is 2.23. The van der Waals surface area contributed by atoms with Crippen LogP contribution in [0.1, 0.15) is 5.89 Å². The molecule has 0 amide bonds. The van der Waals surface area contributed by atoms with Crippen molar-refractivity contribution >= 4 is 21.6 Å². The first-order chi connectivity index (χ1) is 10.2. The van der Waals surface area contributed by atoms with E-state index >= 15 is 0 Å². The highest BCUT2D eigenvalue weighted by atomic mass is 79.9. The van der Waals surface area contributed by atoms with E-state index in [0.717, 1.165) is 4.47 Å². The molecule has 0 bridgehead atoms. The molecule has 0 unspecified atom stereocenters. The number of rotatable bonds is 4. The molecule has 0 atom stereocenters. The molecule has 0 aliphatic heterocycles. The first-order valence-corrected chi connectivity index (χ1v) is 6.93. The molecule has 3 rings (SSSR count). The number of aromatic nitrogens is 3. The fourth-order valence-electron chi connectivity index (χ4n) is 1.71. The average Bonchev–Trinajstić information content (AvgIpc) is 2.94. The normalized spacial score (nSPS) is 10.5. The highest BCUT2D eigenvalue weighted by Gasteiger charge is 2.12. The lowest BCUT2D eigenvalue weighted by Gasteiger charge is -2.03. The van der Waals surface area contributed by atoms with Gasteiger partial charge < -0.3 is 15.0 Å². The molecule has 1 aromatic carbocycles. The predicted molar refractivity (Wildman–Crippen MR) is 80.4 cm³/mol. The SMILES string of the molecule is Nc1cccc(OCc2nc(-c3ncccc3Br)no2)c1. The van der Waals surface area contributed by atoms with Gasteiger partial charge in [0.1, 0.15) is 11.4 Å². The maximum Gasteiger partial charge on any atom is 0.264 e. The van der Waals surface area contributed by atoms with E-state index in [4.69, 9.17) is 15.0 Å². The molecule has 0 spiro atoms. The van der Waals surface area contributed by atoms with Crippen molar-refractivity contribution in [1.82, 2.24) is 15.1 Å². The van der Waals surface area contributed by atoms with Gasteiger partial charge in [0.25, 0.3) is 5.89 Å². The van der Waals surface area contributed by atoms with E-state index in [1.807, 2.05) is 24.3 Å². The van der Waals surface area contributed by atoms with E-state index < -0.39 is 0 Å². The van der Waals surface area contributed by atoms with Crippen LogP contribution in [0.15, 0.2) is 51.6 Å². The standard InChI is InChI=1S/C14H11BrN4O2/c15-11-5-2-6-17-13(11)14-18-12(21-19-14)8-20-10-4-1-3-9(16)7-10/h1-7H,8,16H2. The van der Waals surface area contributed by atoms with Crippen molar-refractivity contribution < 1.29 is 9.26 Å². The minimum atomic E-state index is 0.168. The number of hydrogen-bond acceptors (Lipinski definition) is 6. The lowest BCUT2D eigenvalue weighted by atomic mass is 10.3. The molecule has 0 aliphatic carbocycles. The Morgan fingerprint density at radius 2 is 2.14 bits per heavy atom. The third kappa shape index (κ3) is 3.19. The number of nitrogens with two attached hydrogens (primary N) is 1. The van der Waals surface area contributed by atoms with Crippen LogP contribution in [0.4, 0.5) is 5.69 Å². The van der Waals surface area contributed by atoms with Crippen LogP contribution in [0, 0.1) is 0 Å². The van der Waals surface area contributed by atoms with Gasteiger partial charge in [0.15, 0.2) is 6.61 Å². The smallest absolute Gasteiger partial charge is 0.264 e. The summed E-state index contributed by atoms with van der Waals surface area (Å²) in [6.45, 7) is 0.168. The Balaban J connectivity index is 1.72. The zero-order valence-electron chi connectivity index (χ0n) is 10.9. The molecule has 0 fully saturated rings. The van der Waals surface area contributed by atoms with Crippen LogP contribution in [0.2, 0.25) is 0 Å². The third-order valence-electron chi connectivity index (χ3n) is 2.66. The van der Waals surface area contributed by atoms with Gasteiger partial charge in [-0.15, -0.1) is 0 Å². The zero-order valence-corrected chi connectivity index (χ0v) is 12.4. The van der Waals surface area contributed by atoms with Crippen molar-refractivity contribution in [2.24, 2.45) is 0 Å². The highest BCUT2D eigenvalue weighted by molar-refractivity contribution is 9.10. The number of benzene rings is 1. The Kier molecular flexibility index (Phi) is 3.83. The average molecular weight is 347 g/mol. The van der Waals surface area contributed by atoms with Crippen molar-refractivity contribution in [3.8, 4) is 17.3 Å². The first kappa shape index (κ1) is 13.6. The van der Waals surface area contributed by atoms with Crippen molar-refractivity contribution in [1.29, 1.82) is 0 Å². The molecule has 0 radical (unpaired) electrons. The molecule has 21 heavy (non-hydrogen) atoms. The van der Waals surface area contributed by atoms with Gasteiger partial charge in [0, 0.05) is 22.4 Å². The summed E-state index contributed by atoms with van der Waals surface area (Å²) < 4.78 is 11.5. The molecule has 0 saturated heterocycles. The molecular weight excluding hydrogens is 336 g/mol. The molecule has 6 nitrogen and oxygen atoms in total. The van der Waals surface area contributed by atoms with E-state index in [2.05, 4.69) is 31.1 Å². The second-order valence-electron chi connectivity index (χ2n) is 4.21. The molecular formula is C14H11BrN4O2. The Morgan fingerprint density at radius 3 is 2.95 bits per heavy atom. The summed E-state index contributed by atoms with van der Waals surface area (Å²) in [7, 11) is 0. The molecule has 3 aromatic rings. The molecule has 106 valence electrons. The minimum absolute atomic E-state index is 0.168. The fourth-order valence-corrected chi connectivity index (χ4v) is 2.14. The van der Waals surface area contributed by atoms with Crippen molar-refractivity contribution in [2.45, 2.75) is 6.61 Å².